The molecule has 1 atom stereocenters. The number of ether oxygens (including phenoxy) is 1. The molecule has 7 heteroatoms. The standard InChI is InChI=1S/C16H23N3O4/c1-18(2)16(22)11-4-5-14-13(8-11)19(3)12(10-23-14)9-15(21)17-6-7-20/h4-5,8,12,20H,6-7,9-10H2,1-3H3,(H,17,21). The molecule has 2 N–H and O–H groups in total. The molecule has 0 aromatic heterocycles. The topological polar surface area (TPSA) is 82.1 Å². The minimum Gasteiger partial charge on any atom is -0.489 e. The number of carbonyl (C=O) groups is 2. The zero-order chi connectivity index (χ0) is 17.0. The number of amides is 2. The quantitative estimate of drug-likeness (QED) is 0.803. The average Bonchev–Trinajstić information content (AvgIpc) is 2.54. The molecule has 0 radical (unpaired) electrons. The summed E-state index contributed by atoms with van der Waals surface area (Å²) < 4.78 is 5.71. The van der Waals surface area contributed by atoms with Crippen molar-refractivity contribution in [2.24, 2.45) is 0 Å². The van der Waals surface area contributed by atoms with Gasteiger partial charge in [-0.25, -0.2) is 0 Å². The maximum absolute atomic E-state index is 12.1. The Morgan fingerprint density at radius 1 is 1.43 bits per heavy atom. The van der Waals surface area contributed by atoms with Crippen LogP contribution in [-0.4, -0.2) is 68.8 Å². The summed E-state index contributed by atoms with van der Waals surface area (Å²) in [5.41, 5.74) is 1.37. The van der Waals surface area contributed by atoms with Crippen molar-refractivity contribution < 1.29 is 19.4 Å². The predicted molar refractivity (Wildman–Crippen MR) is 86.9 cm³/mol. The number of hydrogen-bond acceptors (Lipinski definition) is 5. The Hall–Kier alpha value is -2.28. The molecule has 2 amide bonds. The normalized spacial score (nSPS) is 16.3. The fraction of sp³-hybridized carbons (Fsp3) is 0.500. The van der Waals surface area contributed by atoms with Crippen molar-refractivity contribution in [3.63, 3.8) is 0 Å². The van der Waals surface area contributed by atoms with Crippen LogP contribution in [0.2, 0.25) is 0 Å². The van der Waals surface area contributed by atoms with Gasteiger partial charge in [0.2, 0.25) is 5.91 Å². The SMILES string of the molecule is CN(C)C(=O)c1ccc2c(c1)N(C)C(CC(=O)NCCO)CO2. The van der Waals surface area contributed by atoms with E-state index in [0.717, 1.165) is 5.69 Å². The van der Waals surface area contributed by atoms with Gasteiger partial charge in [-0.15, -0.1) is 0 Å². The van der Waals surface area contributed by atoms with Gasteiger partial charge in [0.1, 0.15) is 12.4 Å². The third kappa shape index (κ3) is 3.92. The second-order valence-corrected chi connectivity index (χ2v) is 5.74. The van der Waals surface area contributed by atoms with Gasteiger partial charge in [-0.05, 0) is 18.2 Å². The first-order chi connectivity index (χ1) is 10.9. The van der Waals surface area contributed by atoms with E-state index in [4.69, 9.17) is 9.84 Å². The number of rotatable bonds is 5. The summed E-state index contributed by atoms with van der Waals surface area (Å²) in [6.07, 6.45) is 0.266. The first-order valence-corrected chi connectivity index (χ1v) is 7.53. The van der Waals surface area contributed by atoms with Gasteiger partial charge in [-0.1, -0.05) is 0 Å². The molecule has 1 aliphatic heterocycles. The van der Waals surface area contributed by atoms with Gasteiger partial charge in [0.15, 0.2) is 0 Å². The fourth-order valence-corrected chi connectivity index (χ4v) is 2.48. The molecular weight excluding hydrogens is 298 g/mol. The van der Waals surface area contributed by atoms with Crippen molar-refractivity contribution in [1.82, 2.24) is 10.2 Å². The maximum atomic E-state index is 12.1. The molecule has 0 spiro atoms. The highest BCUT2D eigenvalue weighted by Crippen LogP contribution is 2.34. The molecule has 0 bridgehead atoms. The lowest BCUT2D eigenvalue weighted by Gasteiger charge is -2.35. The highest BCUT2D eigenvalue weighted by Gasteiger charge is 2.27. The summed E-state index contributed by atoms with van der Waals surface area (Å²) in [5.74, 6) is 0.488. The van der Waals surface area contributed by atoms with Gasteiger partial charge in [0.05, 0.1) is 24.8 Å². The number of carbonyl (C=O) groups excluding carboxylic acids is 2. The Morgan fingerprint density at radius 3 is 2.83 bits per heavy atom. The molecule has 1 aromatic rings. The van der Waals surface area contributed by atoms with Crippen LogP contribution in [0.1, 0.15) is 16.8 Å². The van der Waals surface area contributed by atoms with Crippen LogP contribution in [0.5, 0.6) is 5.75 Å². The maximum Gasteiger partial charge on any atom is 0.253 e. The number of aliphatic hydroxyl groups excluding tert-OH is 1. The van der Waals surface area contributed by atoms with Gasteiger partial charge < -0.3 is 25.0 Å². The number of nitrogens with zero attached hydrogens (tertiary/aromatic N) is 2. The van der Waals surface area contributed by atoms with Crippen LogP contribution in [0.15, 0.2) is 18.2 Å². The highest BCUT2D eigenvalue weighted by molar-refractivity contribution is 5.95. The van der Waals surface area contributed by atoms with Crippen molar-refractivity contribution in [2.45, 2.75) is 12.5 Å². The van der Waals surface area contributed by atoms with Crippen LogP contribution in [0.25, 0.3) is 0 Å². The van der Waals surface area contributed by atoms with E-state index in [-0.39, 0.29) is 37.4 Å². The van der Waals surface area contributed by atoms with E-state index in [2.05, 4.69) is 5.32 Å². The number of nitrogens with one attached hydrogen (secondary N) is 1. The van der Waals surface area contributed by atoms with E-state index in [9.17, 15) is 9.59 Å². The van der Waals surface area contributed by atoms with Gasteiger partial charge in [-0.2, -0.15) is 0 Å². The molecule has 1 heterocycles. The summed E-state index contributed by atoms with van der Waals surface area (Å²) in [6, 6.07) is 5.19. The molecule has 0 saturated carbocycles. The van der Waals surface area contributed by atoms with E-state index >= 15 is 0 Å². The number of hydrogen-bond donors (Lipinski definition) is 2. The third-order valence-electron chi connectivity index (χ3n) is 3.83. The van der Waals surface area contributed by atoms with Crippen LogP contribution in [-0.2, 0) is 4.79 Å². The van der Waals surface area contributed by atoms with E-state index in [1.807, 2.05) is 11.9 Å². The summed E-state index contributed by atoms with van der Waals surface area (Å²) in [4.78, 5) is 27.4. The van der Waals surface area contributed by atoms with E-state index < -0.39 is 0 Å². The molecule has 0 fully saturated rings. The van der Waals surface area contributed by atoms with Gasteiger partial charge in [-0.3, -0.25) is 9.59 Å². The summed E-state index contributed by atoms with van der Waals surface area (Å²) in [5, 5.41) is 11.4. The van der Waals surface area contributed by atoms with Crippen LogP contribution < -0.4 is 15.0 Å². The van der Waals surface area contributed by atoms with E-state index in [1.54, 1.807) is 32.3 Å². The Labute approximate surface area is 135 Å². The number of fused-ring (bicyclic) bond motifs is 1. The Kier molecular flexibility index (Phi) is 5.44. The molecule has 23 heavy (non-hydrogen) atoms. The van der Waals surface area contributed by atoms with Gasteiger partial charge >= 0.3 is 0 Å². The molecule has 2 rings (SSSR count). The molecule has 0 saturated heterocycles. The first-order valence-electron chi connectivity index (χ1n) is 7.53. The number of aliphatic hydroxyl groups is 1. The Balaban J connectivity index is 2.14. The number of benzene rings is 1. The van der Waals surface area contributed by atoms with Crippen LogP contribution in [0.3, 0.4) is 0 Å². The zero-order valence-corrected chi connectivity index (χ0v) is 13.7. The van der Waals surface area contributed by atoms with Crippen molar-refractivity contribution in [1.29, 1.82) is 0 Å². The van der Waals surface area contributed by atoms with Crippen molar-refractivity contribution >= 4 is 17.5 Å². The zero-order valence-electron chi connectivity index (χ0n) is 13.7. The molecule has 0 aliphatic carbocycles. The van der Waals surface area contributed by atoms with E-state index in [0.29, 0.717) is 17.9 Å². The number of anilines is 1. The molecular formula is C16H23N3O4. The monoisotopic (exact) mass is 321 g/mol. The smallest absolute Gasteiger partial charge is 0.253 e. The molecule has 1 aliphatic rings. The fourth-order valence-electron chi connectivity index (χ4n) is 2.48. The summed E-state index contributed by atoms with van der Waals surface area (Å²) in [6.45, 7) is 0.562. The number of likely N-dealkylation sites (N-methyl/N-ethyl adjacent to an activating group) is 1. The second kappa shape index (κ2) is 7.32. The molecule has 126 valence electrons. The Bertz CT molecular complexity index is 589. The molecule has 1 aromatic carbocycles. The first kappa shape index (κ1) is 17.1. The minimum absolute atomic E-state index is 0.0796. The van der Waals surface area contributed by atoms with Gasteiger partial charge in [0, 0.05) is 33.3 Å². The van der Waals surface area contributed by atoms with Crippen molar-refractivity contribution in [2.75, 3.05) is 45.8 Å². The average molecular weight is 321 g/mol. The third-order valence-corrected chi connectivity index (χ3v) is 3.83. The summed E-state index contributed by atoms with van der Waals surface area (Å²) >= 11 is 0. The lowest BCUT2D eigenvalue weighted by atomic mass is 10.1. The second-order valence-electron chi connectivity index (χ2n) is 5.74. The lowest BCUT2D eigenvalue weighted by Crippen LogP contribution is -2.44. The van der Waals surface area contributed by atoms with Crippen molar-refractivity contribution in [3.05, 3.63) is 23.8 Å². The minimum atomic E-state index is -0.136. The highest BCUT2D eigenvalue weighted by atomic mass is 16.5. The van der Waals surface area contributed by atoms with Crippen molar-refractivity contribution in [3.8, 4) is 5.75 Å². The van der Waals surface area contributed by atoms with Crippen LogP contribution in [0.4, 0.5) is 5.69 Å². The lowest BCUT2D eigenvalue weighted by molar-refractivity contribution is -0.121. The van der Waals surface area contributed by atoms with E-state index in [1.165, 1.54) is 4.90 Å². The Morgan fingerprint density at radius 2 is 2.17 bits per heavy atom. The van der Waals surface area contributed by atoms with Crippen LogP contribution in [0, 0.1) is 0 Å². The summed E-state index contributed by atoms with van der Waals surface area (Å²) in [7, 11) is 5.29. The predicted octanol–water partition coefficient (Wildman–Crippen LogP) is 0.0842. The molecule has 7 nitrogen and oxygen atoms in total. The molecule has 1 unspecified atom stereocenters. The van der Waals surface area contributed by atoms with Crippen LogP contribution >= 0.6 is 0 Å². The largest absolute Gasteiger partial charge is 0.489 e. The van der Waals surface area contributed by atoms with Gasteiger partial charge in [0.25, 0.3) is 5.91 Å².